The van der Waals surface area contributed by atoms with Crippen molar-refractivity contribution < 1.29 is 43.0 Å². The van der Waals surface area contributed by atoms with Gasteiger partial charge in [0.05, 0.1) is 31.5 Å². The lowest BCUT2D eigenvalue weighted by Crippen LogP contribution is -2.39. The lowest BCUT2D eigenvalue weighted by molar-refractivity contribution is -0.140. The normalized spacial score (nSPS) is 14.0. The second-order valence-corrected chi connectivity index (χ2v) is 12.7. The molecule has 52 heavy (non-hydrogen) atoms. The molecule has 1 atom stereocenters. The van der Waals surface area contributed by atoms with Crippen molar-refractivity contribution in [3.05, 3.63) is 100 Å². The number of aromatic nitrogens is 2. The molecule has 0 bridgehead atoms. The average molecular weight is 735 g/mol. The first-order valence-corrected chi connectivity index (χ1v) is 17.4. The van der Waals surface area contributed by atoms with Gasteiger partial charge in [-0.1, -0.05) is 48.0 Å². The number of ether oxygens (including phenoxy) is 4. The standard InChI is InChI=1S/C38H40ClFN4O8/c39-31-19-28(21-41-34(22-45)38(46)47)35(50-23-25-9-10-32-33(17-25)43-52-42-32)20-36(31)51-24-27-6-4-8-30(37(27)40)26-5-3-7-29(18-26)49-14-2-1-11-44-12-15-48-16-13-44/h3-10,17-20,34,41,45H,1-2,11-16,21-24H2,(H,46,47). The predicted molar refractivity (Wildman–Crippen MR) is 191 cm³/mol. The minimum absolute atomic E-state index is 0.0208. The average Bonchev–Trinajstić information content (AvgIpc) is 3.63. The number of carbonyl (C=O) groups is 1. The Morgan fingerprint density at radius 1 is 0.923 bits per heavy atom. The predicted octanol–water partition coefficient (Wildman–Crippen LogP) is 5.87. The summed E-state index contributed by atoms with van der Waals surface area (Å²) in [5.74, 6) is -0.379. The van der Waals surface area contributed by atoms with Gasteiger partial charge in [0.25, 0.3) is 0 Å². The molecule has 0 spiro atoms. The highest BCUT2D eigenvalue weighted by molar-refractivity contribution is 6.32. The van der Waals surface area contributed by atoms with Gasteiger partial charge in [0.15, 0.2) is 0 Å². The van der Waals surface area contributed by atoms with E-state index in [1.54, 1.807) is 42.5 Å². The van der Waals surface area contributed by atoms with E-state index in [0.717, 1.165) is 51.3 Å². The van der Waals surface area contributed by atoms with Crippen LogP contribution in [0.3, 0.4) is 0 Å². The summed E-state index contributed by atoms with van der Waals surface area (Å²) in [7, 11) is 0. The fourth-order valence-electron chi connectivity index (χ4n) is 5.78. The zero-order valence-corrected chi connectivity index (χ0v) is 29.2. The van der Waals surface area contributed by atoms with Crippen LogP contribution in [0.4, 0.5) is 4.39 Å². The van der Waals surface area contributed by atoms with Crippen LogP contribution < -0.4 is 19.5 Å². The maximum atomic E-state index is 16.0. The van der Waals surface area contributed by atoms with E-state index >= 15 is 4.39 Å². The summed E-state index contributed by atoms with van der Waals surface area (Å²) < 4.78 is 44.3. The van der Waals surface area contributed by atoms with Gasteiger partial charge < -0.3 is 29.2 Å². The summed E-state index contributed by atoms with van der Waals surface area (Å²) in [5.41, 5.74) is 3.86. The molecule has 274 valence electrons. The van der Waals surface area contributed by atoms with E-state index in [4.69, 9.17) is 35.2 Å². The molecule has 1 aliphatic rings. The Kier molecular flexibility index (Phi) is 12.9. The molecule has 2 heterocycles. The van der Waals surface area contributed by atoms with Gasteiger partial charge in [-0.05, 0) is 71.2 Å². The maximum Gasteiger partial charge on any atom is 0.323 e. The highest BCUT2D eigenvalue weighted by atomic mass is 35.5. The summed E-state index contributed by atoms with van der Waals surface area (Å²) in [5, 5.41) is 29.5. The van der Waals surface area contributed by atoms with Gasteiger partial charge in [-0.15, -0.1) is 0 Å². The van der Waals surface area contributed by atoms with E-state index in [2.05, 4.69) is 20.5 Å². The van der Waals surface area contributed by atoms with Gasteiger partial charge in [0.1, 0.15) is 53.4 Å². The maximum absolute atomic E-state index is 16.0. The Labute approximate surface area is 305 Å². The van der Waals surface area contributed by atoms with Crippen LogP contribution in [0.25, 0.3) is 22.2 Å². The molecule has 14 heteroatoms. The van der Waals surface area contributed by atoms with Crippen molar-refractivity contribution in [2.45, 2.75) is 38.6 Å². The molecule has 0 radical (unpaired) electrons. The quantitative estimate of drug-likeness (QED) is 0.0926. The summed E-state index contributed by atoms with van der Waals surface area (Å²) in [4.78, 5) is 13.9. The number of carboxylic acid groups (broad SMARTS) is 1. The lowest BCUT2D eigenvalue weighted by atomic mass is 10.0. The minimum atomic E-state index is -1.20. The number of nitrogens with one attached hydrogen (secondary N) is 1. The largest absolute Gasteiger partial charge is 0.494 e. The van der Waals surface area contributed by atoms with Crippen LogP contribution in [-0.4, -0.2) is 83.5 Å². The third-order valence-electron chi connectivity index (χ3n) is 8.70. The third kappa shape index (κ3) is 9.75. The molecule has 12 nitrogen and oxygen atoms in total. The SMILES string of the molecule is O=C(O)C(CO)NCc1cc(Cl)c(OCc2cccc(-c3cccc(OCCCCN4CCOCC4)c3)c2F)cc1OCc1ccc2nonc2c1. The van der Waals surface area contributed by atoms with E-state index in [1.165, 1.54) is 0 Å². The fourth-order valence-corrected chi connectivity index (χ4v) is 6.02. The smallest absolute Gasteiger partial charge is 0.323 e. The van der Waals surface area contributed by atoms with Gasteiger partial charge in [-0.3, -0.25) is 15.0 Å². The van der Waals surface area contributed by atoms with Gasteiger partial charge in [0, 0.05) is 42.4 Å². The topological polar surface area (TPSA) is 149 Å². The lowest BCUT2D eigenvalue weighted by Gasteiger charge is -2.26. The number of hydrogen-bond donors (Lipinski definition) is 3. The number of unbranched alkanes of at least 4 members (excludes halogenated alkanes) is 1. The number of aliphatic hydroxyl groups excluding tert-OH is 1. The van der Waals surface area contributed by atoms with Crippen LogP contribution in [0, 0.1) is 5.82 Å². The second-order valence-electron chi connectivity index (χ2n) is 12.3. The molecule has 0 aliphatic carbocycles. The van der Waals surface area contributed by atoms with Gasteiger partial charge in [0.2, 0.25) is 0 Å². The number of rotatable bonds is 18. The van der Waals surface area contributed by atoms with Crippen molar-refractivity contribution >= 4 is 28.6 Å². The van der Waals surface area contributed by atoms with E-state index in [0.29, 0.717) is 51.4 Å². The number of fused-ring (bicyclic) bond motifs is 1. The Morgan fingerprint density at radius 2 is 1.73 bits per heavy atom. The van der Waals surface area contributed by atoms with Crippen LogP contribution in [0.2, 0.25) is 5.02 Å². The summed E-state index contributed by atoms with van der Waals surface area (Å²) in [6.45, 7) is 4.50. The number of halogens is 2. The first-order chi connectivity index (χ1) is 25.4. The van der Waals surface area contributed by atoms with Crippen molar-refractivity contribution in [1.29, 1.82) is 0 Å². The molecule has 1 aliphatic heterocycles. The number of aliphatic hydroxyl groups is 1. The monoisotopic (exact) mass is 734 g/mol. The molecule has 0 saturated carbocycles. The third-order valence-corrected chi connectivity index (χ3v) is 8.99. The van der Waals surface area contributed by atoms with Crippen LogP contribution in [0.5, 0.6) is 17.2 Å². The Hall–Kier alpha value is -4.79. The molecule has 4 aromatic carbocycles. The van der Waals surface area contributed by atoms with Gasteiger partial charge in [-0.25, -0.2) is 9.02 Å². The fraction of sp³-hybridized carbons (Fsp3) is 0.342. The van der Waals surface area contributed by atoms with Crippen LogP contribution in [0.1, 0.15) is 29.5 Å². The molecule has 3 N–H and O–H groups in total. The summed E-state index contributed by atoms with van der Waals surface area (Å²) >= 11 is 6.62. The molecule has 1 unspecified atom stereocenters. The molecule has 1 aromatic heterocycles. The zero-order valence-electron chi connectivity index (χ0n) is 28.4. The summed E-state index contributed by atoms with van der Waals surface area (Å²) in [6.07, 6.45) is 1.94. The summed E-state index contributed by atoms with van der Waals surface area (Å²) in [6, 6.07) is 19.8. The number of benzene rings is 4. The van der Waals surface area contributed by atoms with E-state index in [1.807, 2.05) is 30.3 Å². The Morgan fingerprint density at radius 3 is 2.56 bits per heavy atom. The van der Waals surface area contributed by atoms with Crippen molar-refractivity contribution in [3.8, 4) is 28.4 Å². The highest BCUT2D eigenvalue weighted by Gasteiger charge is 2.19. The number of carboxylic acids is 1. The van der Waals surface area contributed by atoms with Crippen molar-refractivity contribution in [3.63, 3.8) is 0 Å². The van der Waals surface area contributed by atoms with E-state index < -0.39 is 24.4 Å². The second kappa shape index (κ2) is 18.1. The van der Waals surface area contributed by atoms with Crippen molar-refractivity contribution in [2.24, 2.45) is 0 Å². The van der Waals surface area contributed by atoms with Crippen molar-refractivity contribution in [1.82, 2.24) is 20.5 Å². The van der Waals surface area contributed by atoms with Gasteiger partial charge >= 0.3 is 5.97 Å². The molecule has 1 fully saturated rings. The number of aliphatic carboxylic acids is 1. The van der Waals surface area contributed by atoms with E-state index in [-0.39, 0.29) is 30.5 Å². The minimum Gasteiger partial charge on any atom is -0.494 e. The van der Waals surface area contributed by atoms with Gasteiger partial charge in [-0.2, -0.15) is 0 Å². The van der Waals surface area contributed by atoms with Crippen LogP contribution in [0.15, 0.2) is 77.4 Å². The molecule has 5 aromatic rings. The number of nitrogens with zero attached hydrogens (tertiary/aromatic N) is 3. The zero-order chi connectivity index (χ0) is 36.3. The molecule has 0 amide bonds. The van der Waals surface area contributed by atoms with E-state index in [9.17, 15) is 15.0 Å². The van der Waals surface area contributed by atoms with Crippen LogP contribution >= 0.6 is 11.6 Å². The Balaban J connectivity index is 1.12. The molecule has 6 rings (SSSR count). The first kappa shape index (κ1) is 37.0. The molecule has 1 saturated heterocycles. The Bertz CT molecular complexity index is 1950. The molecular formula is C38H40ClFN4O8. The molecular weight excluding hydrogens is 695 g/mol. The van der Waals surface area contributed by atoms with Crippen LogP contribution in [-0.2, 0) is 29.3 Å². The number of hydrogen-bond acceptors (Lipinski definition) is 11. The van der Waals surface area contributed by atoms with Crippen molar-refractivity contribution in [2.75, 3.05) is 46.1 Å². The highest BCUT2D eigenvalue weighted by Crippen LogP contribution is 2.35. The first-order valence-electron chi connectivity index (χ1n) is 17.0. The number of morpholine rings is 1.